The highest BCUT2D eigenvalue weighted by molar-refractivity contribution is 5.93. The van der Waals surface area contributed by atoms with E-state index in [1.165, 1.54) is 0 Å². The number of aromatic nitrogens is 5. The van der Waals surface area contributed by atoms with Gasteiger partial charge in [0.1, 0.15) is 5.69 Å². The van der Waals surface area contributed by atoms with Gasteiger partial charge in [-0.1, -0.05) is 5.16 Å². The molecule has 1 saturated heterocycles. The number of imidazole rings is 1. The van der Waals surface area contributed by atoms with Crippen molar-refractivity contribution in [2.75, 3.05) is 6.54 Å². The van der Waals surface area contributed by atoms with E-state index in [0.717, 1.165) is 37.7 Å². The number of aryl methyl sites for hydroxylation is 1. The van der Waals surface area contributed by atoms with Crippen molar-refractivity contribution >= 4 is 17.6 Å². The van der Waals surface area contributed by atoms with Gasteiger partial charge in [0.2, 0.25) is 5.92 Å². The highest BCUT2D eigenvalue weighted by Gasteiger charge is 2.50. The van der Waals surface area contributed by atoms with Gasteiger partial charge >= 0.3 is 6.03 Å². The highest BCUT2D eigenvalue weighted by atomic mass is 19.3. The third kappa shape index (κ3) is 4.68. The van der Waals surface area contributed by atoms with Crippen LogP contribution in [0.25, 0.3) is 5.65 Å². The van der Waals surface area contributed by atoms with E-state index in [0.29, 0.717) is 29.5 Å². The first-order chi connectivity index (χ1) is 19.2. The Morgan fingerprint density at radius 3 is 2.55 bits per heavy atom. The number of fused-ring (bicyclic) bond motifs is 1. The Hall–Kier alpha value is -3.64. The van der Waals surface area contributed by atoms with Gasteiger partial charge in [-0.25, -0.2) is 27.7 Å². The predicted molar refractivity (Wildman–Crippen MR) is 136 cm³/mol. The van der Waals surface area contributed by atoms with Crippen molar-refractivity contribution in [2.24, 2.45) is 11.8 Å². The SMILES string of the molecule is Cc1nonc1C(=O)NC(c1cn2ncc(C(C3CC3)N3CCC4(CC4)NC3=O)cc2n1)C1CCC(F)(F)CC1. The number of hydrogen-bond acceptors (Lipinski definition) is 7. The molecule has 11 nitrogen and oxygen atoms in total. The molecule has 2 atom stereocenters. The van der Waals surface area contributed by atoms with Crippen LogP contribution in [0.5, 0.6) is 0 Å². The Balaban J connectivity index is 1.18. The van der Waals surface area contributed by atoms with Crippen molar-refractivity contribution in [3.8, 4) is 0 Å². The number of carbonyl (C=O) groups excluding carboxylic acids is 2. The Bertz CT molecular complexity index is 1450. The molecule has 0 bridgehead atoms. The molecule has 1 spiro atoms. The average Bonchev–Trinajstić information content (AvgIpc) is 3.81. The largest absolute Gasteiger partial charge is 0.342 e. The number of rotatable bonds is 7. The molecule has 0 aromatic carbocycles. The number of carbonyl (C=O) groups is 2. The van der Waals surface area contributed by atoms with E-state index in [9.17, 15) is 18.4 Å². The first-order valence-corrected chi connectivity index (χ1v) is 14.1. The van der Waals surface area contributed by atoms with Crippen LogP contribution in [0.3, 0.4) is 0 Å². The van der Waals surface area contributed by atoms with Crippen LogP contribution in [0.1, 0.15) is 97.3 Å². The fourth-order valence-corrected chi connectivity index (χ4v) is 6.40. The molecule has 3 aromatic heterocycles. The molecular weight excluding hydrogens is 522 g/mol. The van der Waals surface area contributed by atoms with E-state index in [2.05, 4.69) is 30.7 Å². The van der Waals surface area contributed by atoms with E-state index in [-0.39, 0.29) is 54.9 Å². The summed E-state index contributed by atoms with van der Waals surface area (Å²) in [5.74, 6) is -3.05. The molecule has 3 aromatic rings. The van der Waals surface area contributed by atoms with Gasteiger partial charge < -0.3 is 15.5 Å². The van der Waals surface area contributed by atoms with Crippen molar-refractivity contribution in [1.29, 1.82) is 0 Å². The van der Waals surface area contributed by atoms with E-state index in [4.69, 9.17) is 4.98 Å². The Labute approximate surface area is 229 Å². The zero-order valence-corrected chi connectivity index (χ0v) is 22.3. The molecule has 1 aliphatic heterocycles. The van der Waals surface area contributed by atoms with Crippen molar-refractivity contribution in [3.05, 3.63) is 41.1 Å². The summed E-state index contributed by atoms with van der Waals surface area (Å²) < 4.78 is 34.3. The lowest BCUT2D eigenvalue weighted by molar-refractivity contribution is -0.0495. The number of urea groups is 1. The lowest BCUT2D eigenvalue weighted by Gasteiger charge is -2.38. The fourth-order valence-electron chi connectivity index (χ4n) is 6.40. The van der Waals surface area contributed by atoms with E-state index >= 15 is 0 Å². The molecule has 4 heterocycles. The van der Waals surface area contributed by atoms with Gasteiger partial charge in [0.25, 0.3) is 5.91 Å². The molecule has 4 fully saturated rings. The van der Waals surface area contributed by atoms with Gasteiger partial charge in [0.05, 0.1) is 30.2 Å². The van der Waals surface area contributed by atoms with Crippen LogP contribution in [0.4, 0.5) is 13.6 Å². The van der Waals surface area contributed by atoms with Crippen LogP contribution in [0, 0.1) is 18.8 Å². The average molecular weight is 555 g/mol. The second-order valence-electron chi connectivity index (χ2n) is 12.0. The second kappa shape index (κ2) is 9.20. The summed E-state index contributed by atoms with van der Waals surface area (Å²) in [5.41, 5.74) is 2.44. The van der Waals surface area contributed by atoms with Gasteiger partial charge in [0.15, 0.2) is 11.3 Å². The molecule has 3 saturated carbocycles. The first kappa shape index (κ1) is 25.3. The third-order valence-corrected chi connectivity index (χ3v) is 9.13. The van der Waals surface area contributed by atoms with Gasteiger partial charge in [0, 0.05) is 24.9 Å². The zero-order chi connectivity index (χ0) is 27.6. The molecule has 2 unspecified atom stereocenters. The summed E-state index contributed by atoms with van der Waals surface area (Å²) in [7, 11) is 0. The number of amides is 3. The summed E-state index contributed by atoms with van der Waals surface area (Å²) in [6.07, 6.45) is 8.69. The molecular formula is C27H32F2N8O3. The van der Waals surface area contributed by atoms with Crippen LogP contribution in [-0.4, -0.2) is 59.8 Å². The molecule has 40 heavy (non-hydrogen) atoms. The quantitative estimate of drug-likeness (QED) is 0.449. The summed E-state index contributed by atoms with van der Waals surface area (Å²) in [6.45, 7) is 2.33. The summed E-state index contributed by atoms with van der Waals surface area (Å²) >= 11 is 0. The van der Waals surface area contributed by atoms with E-state index < -0.39 is 17.9 Å². The monoisotopic (exact) mass is 554 g/mol. The number of alkyl halides is 2. The van der Waals surface area contributed by atoms with E-state index in [1.54, 1.807) is 23.8 Å². The lowest BCUT2D eigenvalue weighted by Crippen LogP contribution is -2.54. The molecule has 0 radical (unpaired) electrons. The number of nitrogens with zero attached hydrogens (tertiary/aromatic N) is 6. The predicted octanol–water partition coefficient (Wildman–Crippen LogP) is 4.12. The molecule has 3 amide bonds. The minimum atomic E-state index is -2.70. The van der Waals surface area contributed by atoms with Crippen LogP contribution >= 0.6 is 0 Å². The van der Waals surface area contributed by atoms with Crippen molar-refractivity contribution in [2.45, 2.75) is 88.3 Å². The number of nitrogens with one attached hydrogen (secondary N) is 2. The topological polar surface area (TPSA) is 131 Å². The summed E-state index contributed by atoms with van der Waals surface area (Å²) in [5, 5.41) is 18.2. The van der Waals surface area contributed by atoms with Crippen LogP contribution in [-0.2, 0) is 0 Å². The second-order valence-corrected chi connectivity index (χ2v) is 12.0. The van der Waals surface area contributed by atoms with Crippen LogP contribution < -0.4 is 10.6 Å². The number of hydrogen-bond donors (Lipinski definition) is 2. The van der Waals surface area contributed by atoms with Crippen LogP contribution in [0.2, 0.25) is 0 Å². The minimum absolute atomic E-state index is 0.00495. The van der Waals surface area contributed by atoms with Crippen molar-refractivity contribution < 1.29 is 23.0 Å². The van der Waals surface area contributed by atoms with Gasteiger partial charge in [-0.2, -0.15) is 5.10 Å². The Morgan fingerprint density at radius 1 is 1.12 bits per heavy atom. The van der Waals surface area contributed by atoms with Gasteiger partial charge in [-0.15, -0.1) is 0 Å². The van der Waals surface area contributed by atoms with Gasteiger partial charge in [-0.05, 0) is 80.5 Å². The molecule has 13 heteroatoms. The number of halogens is 2. The molecule has 7 rings (SSSR count). The molecule has 3 aliphatic carbocycles. The molecule has 4 aliphatic rings. The zero-order valence-electron chi connectivity index (χ0n) is 22.3. The highest BCUT2D eigenvalue weighted by Crippen LogP contribution is 2.48. The van der Waals surface area contributed by atoms with Crippen molar-refractivity contribution in [3.63, 3.8) is 0 Å². The maximum absolute atomic E-state index is 14.0. The van der Waals surface area contributed by atoms with E-state index in [1.807, 2.05) is 11.0 Å². The standard InChI is InChI=1S/C27H32F2N8O3/c1-15-21(35-40-34-15)24(38)32-22(16-4-6-27(28,29)7-5-16)19-14-37-20(31-19)12-18(13-30-37)23(17-2-3-17)36-11-10-26(8-9-26)33-25(36)39/h12-14,16-17,22-23H,2-11H2,1H3,(H,32,38)(H,33,39). The smallest absolute Gasteiger partial charge is 0.318 e. The molecule has 212 valence electrons. The lowest BCUT2D eigenvalue weighted by atomic mass is 9.81. The maximum Gasteiger partial charge on any atom is 0.318 e. The fraction of sp³-hybridized carbons (Fsp3) is 0.630. The minimum Gasteiger partial charge on any atom is -0.342 e. The Kier molecular flexibility index (Phi) is 5.83. The Morgan fingerprint density at radius 2 is 1.90 bits per heavy atom. The third-order valence-electron chi connectivity index (χ3n) is 9.13. The maximum atomic E-state index is 14.0. The van der Waals surface area contributed by atoms with Crippen LogP contribution in [0.15, 0.2) is 23.1 Å². The summed E-state index contributed by atoms with van der Waals surface area (Å²) in [6, 6.07) is 1.24. The molecule has 2 N–H and O–H groups in total. The first-order valence-electron chi connectivity index (χ1n) is 14.1. The normalized spacial score (nSPS) is 23.7. The van der Waals surface area contributed by atoms with Crippen molar-refractivity contribution in [1.82, 2.24) is 40.4 Å². The summed E-state index contributed by atoms with van der Waals surface area (Å²) in [4.78, 5) is 32.9. The van der Waals surface area contributed by atoms with Gasteiger partial charge in [-0.3, -0.25) is 4.79 Å².